The van der Waals surface area contributed by atoms with Crippen LogP contribution in [0.5, 0.6) is 5.75 Å². The SMILES string of the molecule is CS(=O)(=O)CCOc1ccccc1CO. The summed E-state index contributed by atoms with van der Waals surface area (Å²) in [5.41, 5.74) is 0.658. The van der Waals surface area contributed by atoms with Crippen LogP contribution in [0.2, 0.25) is 0 Å². The van der Waals surface area contributed by atoms with Crippen LogP contribution >= 0.6 is 0 Å². The molecule has 0 unspecified atom stereocenters. The molecule has 0 aliphatic heterocycles. The van der Waals surface area contributed by atoms with E-state index in [1.54, 1.807) is 24.3 Å². The molecular formula is C10H14O4S. The molecular weight excluding hydrogens is 216 g/mol. The van der Waals surface area contributed by atoms with Crippen LogP contribution in [-0.4, -0.2) is 32.1 Å². The highest BCUT2D eigenvalue weighted by Gasteiger charge is 2.04. The van der Waals surface area contributed by atoms with Crippen molar-refractivity contribution < 1.29 is 18.3 Å². The lowest BCUT2D eigenvalue weighted by Gasteiger charge is -2.08. The molecule has 0 amide bonds. The van der Waals surface area contributed by atoms with Gasteiger partial charge in [-0.2, -0.15) is 0 Å². The van der Waals surface area contributed by atoms with Crippen LogP contribution in [0.15, 0.2) is 24.3 Å². The fraction of sp³-hybridized carbons (Fsp3) is 0.400. The summed E-state index contributed by atoms with van der Waals surface area (Å²) in [5.74, 6) is 0.510. The molecule has 1 aromatic carbocycles. The molecule has 1 N–H and O–H groups in total. The van der Waals surface area contributed by atoms with Crippen LogP contribution in [0.3, 0.4) is 0 Å². The fourth-order valence-corrected chi connectivity index (χ4v) is 1.46. The minimum atomic E-state index is -3.00. The third-order valence-corrected chi connectivity index (χ3v) is 2.76. The van der Waals surface area contributed by atoms with Gasteiger partial charge in [0.1, 0.15) is 12.4 Å². The van der Waals surface area contributed by atoms with Gasteiger partial charge < -0.3 is 9.84 Å². The summed E-state index contributed by atoms with van der Waals surface area (Å²) in [4.78, 5) is 0. The Balaban J connectivity index is 2.58. The molecule has 5 heteroatoms. The van der Waals surface area contributed by atoms with Gasteiger partial charge in [0.15, 0.2) is 9.84 Å². The smallest absolute Gasteiger partial charge is 0.150 e. The lowest BCUT2D eigenvalue weighted by molar-refractivity contribution is 0.267. The van der Waals surface area contributed by atoms with Crippen molar-refractivity contribution in [3.8, 4) is 5.75 Å². The fourth-order valence-electron chi connectivity index (χ4n) is 1.08. The number of sulfone groups is 1. The average Bonchev–Trinajstić information content (AvgIpc) is 2.16. The average molecular weight is 230 g/mol. The summed E-state index contributed by atoms with van der Waals surface area (Å²) >= 11 is 0. The first-order valence-electron chi connectivity index (χ1n) is 4.52. The standard InChI is InChI=1S/C10H14O4S/c1-15(12,13)7-6-14-10-5-3-2-4-9(10)8-11/h2-5,11H,6-8H2,1H3. The van der Waals surface area contributed by atoms with Crippen molar-refractivity contribution in [3.63, 3.8) is 0 Å². The molecule has 0 saturated heterocycles. The van der Waals surface area contributed by atoms with Gasteiger partial charge in [0, 0.05) is 11.8 Å². The minimum absolute atomic E-state index is 0.0211. The Kier molecular flexibility index (Phi) is 4.11. The molecule has 0 atom stereocenters. The Bertz CT molecular complexity index is 411. The zero-order valence-electron chi connectivity index (χ0n) is 8.51. The Hall–Kier alpha value is -1.07. The van der Waals surface area contributed by atoms with E-state index in [0.29, 0.717) is 11.3 Å². The predicted octanol–water partition coefficient (Wildman–Crippen LogP) is 0.602. The van der Waals surface area contributed by atoms with Crippen molar-refractivity contribution in [1.29, 1.82) is 0 Å². The zero-order chi connectivity index (χ0) is 11.3. The first kappa shape index (κ1) is 12.0. The highest BCUT2D eigenvalue weighted by Crippen LogP contribution is 2.17. The van der Waals surface area contributed by atoms with E-state index < -0.39 is 9.84 Å². The molecule has 4 nitrogen and oxygen atoms in total. The number of benzene rings is 1. The van der Waals surface area contributed by atoms with Gasteiger partial charge in [-0.3, -0.25) is 0 Å². The second kappa shape index (κ2) is 5.14. The third-order valence-electron chi connectivity index (χ3n) is 1.85. The maximum atomic E-state index is 10.8. The number of para-hydroxylation sites is 1. The van der Waals surface area contributed by atoms with Gasteiger partial charge >= 0.3 is 0 Å². The van der Waals surface area contributed by atoms with Gasteiger partial charge in [0.05, 0.1) is 12.4 Å². The third kappa shape index (κ3) is 4.31. The second-order valence-electron chi connectivity index (χ2n) is 3.24. The van der Waals surface area contributed by atoms with Gasteiger partial charge in [-0.15, -0.1) is 0 Å². The molecule has 15 heavy (non-hydrogen) atoms. The van der Waals surface area contributed by atoms with Gasteiger partial charge in [-0.05, 0) is 6.07 Å². The molecule has 1 aromatic rings. The van der Waals surface area contributed by atoms with E-state index in [1.165, 1.54) is 0 Å². The summed E-state index contributed by atoms with van der Waals surface area (Å²) in [6.45, 7) is -0.00903. The van der Waals surface area contributed by atoms with Crippen LogP contribution in [-0.2, 0) is 16.4 Å². The van der Waals surface area contributed by atoms with Crippen LogP contribution in [0.25, 0.3) is 0 Å². The highest BCUT2D eigenvalue weighted by molar-refractivity contribution is 7.90. The molecule has 0 saturated carbocycles. The number of rotatable bonds is 5. The maximum absolute atomic E-state index is 10.8. The van der Waals surface area contributed by atoms with Crippen molar-refractivity contribution in [3.05, 3.63) is 29.8 Å². The summed E-state index contributed by atoms with van der Waals surface area (Å²) < 4.78 is 27.0. The van der Waals surface area contributed by atoms with Gasteiger partial charge in [-0.25, -0.2) is 8.42 Å². The molecule has 0 bridgehead atoms. The Morgan fingerprint density at radius 1 is 1.33 bits per heavy atom. The van der Waals surface area contributed by atoms with E-state index in [-0.39, 0.29) is 19.0 Å². The molecule has 0 aromatic heterocycles. The number of hydrogen-bond donors (Lipinski definition) is 1. The van der Waals surface area contributed by atoms with Crippen molar-refractivity contribution in [1.82, 2.24) is 0 Å². The minimum Gasteiger partial charge on any atom is -0.492 e. The van der Waals surface area contributed by atoms with Gasteiger partial charge in [0.25, 0.3) is 0 Å². The van der Waals surface area contributed by atoms with Crippen LogP contribution in [0.4, 0.5) is 0 Å². The summed E-state index contributed by atoms with van der Waals surface area (Å²) in [5, 5.41) is 8.98. The molecule has 1 rings (SSSR count). The van der Waals surface area contributed by atoms with Gasteiger partial charge in [0.2, 0.25) is 0 Å². The summed E-state index contributed by atoms with van der Waals surface area (Å²) in [6.07, 6.45) is 1.16. The highest BCUT2D eigenvalue weighted by atomic mass is 32.2. The number of aliphatic hydroxyl groups is 1. The number of hydrogen-bond acceptors (Lipinski definition) is 4. The topological polar surface area (TPSA) is 63.6 Å². The quantitative estimate of drug-likeness (QED) is 0.804. The monoisotopic (exact) mass is 230 g/mol. The lowest BCUT2D eigenvalue weighted by atomic mass is 10.2. The maximum Gasteiger partial charge on any atom is 0.150 e. The van der Waals surface area contributed by atoms with Crippen molar-refractivity contribution >= 4 is 9.84 Å². The van der Waals surface area contributed by atoms with Crippen molar-refractivity contribution in [2.75, 3.05) is 18.6 Å². The Labute approximate surface area is 89.4 Å². The normalized spacial score (nSPS) is 11.3. The Morgan fingerprint density at radius 2 is 2.00 bits per heavy atom. The van der Waals surface area contributed by atoms with E-state index >= 15 is 0 Å². The Morgan fingerprint density at radius 3 is 2.60 bits per heavy atom. The molecule has 0 aliphatic carbocycles. The lowest BCUT2D eigenvalue weighted by Crippen LogP contribution is -2.12. The largest absolute Gasteiger partial charge is 0.492 e. The van der Waals surface area contributed by atoms with Crippen LogP contribution in [0, 0.1) is 0 Å². The van der Waals surface area contributed by atoms with E-state index in [4.69, 9.17) is 9.84 Å². The zero-order valence-corrected chi connectivity index (χ0v) is 9.33. The van der Waals surface area contributed by atoms with E-state index in [2.05, 4.69) is 0 Å². The van der Waals surface area contributed by atoms with Crippen molar-refractivity contribution in [2.24, 2.45) is 0 Å². The van der Waals surface area contributed by atoms with E-state index in [1.807, 2.05) is 0 Å². The van der Waals surface area contributed by atoms with Crippen LogP contribution < -0.4 is 4.74 Å². The molecule has 84 valence electrons. The van der Waals surface area contributed by atoms with Gasteiger partial charge in [-0.1, -0.05) is 18.2 Å². The van der Waals surface area contributed by atoms with E-state index in [0.717, 1.165) is 6.26 Å². The molecule has 0 fully saturated rings. The number of ether oxygens (including phenoxy) is 1. The summed E-state index contributed by atoms with van der Waals surface area (Å²) in [6, 6.07) is 6.99. The molecule has 0 radical (unpaired) electrons. The molecule has 0 aliphatic rings. The first-order chi connectivity index (χ1) is 7.03. The van der Waals surface area contributed by atoms with Crippen LogP contribution in [0.1, 0.15) is 5.56 Å². The number of aliphatic hydroxyl groups excluding tert-OH is 1. The molecule has 0 spiro atoms. The first-order valence-corrected chi connectivity index (χ1v) is 6.58. The summed E-state index contributed by atoms with van der Waals surface area (Å²) in [7, 11) is -3.00. The second-order valence-corrected chi connectivity index (χ2v) is 5.50. The van der Waals surface area contributed by atoms with E-state index in [9.17, 15) is 8.42 Å². The molecule has 0 heterocycles. The van der Waals surface area contributed by atoms with Crippen molar-refractivity contribution in [2.45, 2.75) is 6.61 Å². The predicted molar refractivity (Wildman–Crippen MR) is 57.6 cm³/mol.